The third-order valence-electron chi connectivity index (χ3n) is 4.82. The number of hydrogen-bond acceptors (Lipinski definition) is 5. The molecule has 0 unspecified atom stereocenters. The Kier molecular flexibility index (Phi) is 3.88. The molecule has 0 atom stereocenters. The number of ether oxygens (including phenoxy) is 1. The molecule has 0 spiro atoms. The summed E-state index contributed by atoms with van der Waals surface area (Å²) in [5.74, 6) is 1.73. The Hall–Kier alpha value is -2.14. The summed E-state index contributed by atoms with van der Waals surface area (Å²) in [4.78, 5) is 11.6. The monoisotopic (exact) mass is 339 g/mol. The van der Waals surface area contributed by atoms with Crippen LogP contribution in [-0.2, 0) is 12.8 Å². The van der Waals surface area contributed by atoms with Crippen molar-refractivity contribution in [3.05, 3.63) is 40.0 Å². The Morgan fingerprint density at radius 1 is 1.08 bits per heavy atom. The number of hydrogen-bond donors (Lipinski definition) is 1. The molecule has 1 aromatic carbocycles. The minimum atomic E-state index is 0.842. The van der Waals surface area contributed by atoms with Crippen LogP contribution in [0.25, 0.3) is 10.2 Å². The number of nitrogens with one attached hydrogen (secondary N) is 1. The molecule has 1 N–H and O–H groups in total. The third-order valence-corrected chi connectivity index (χ3v) is 6.02. The number of fused-ring (bicyclic) bond motifs is 3. The maximum absolute atomic E-state index is 5.56. The van der Waals surface area contributed by atoms with Crippen molar-refractivity contribution in [2.45, 2.75) is 39.5 Å². The molecule has 4 rings (SSSR count). The van der Waals surface area contributed by atoms with Crippen LogP contribution in [-0.4, -0.2) is 17.1 Å². The molecule has 2 heterocycles. The third kappa shape index (κ3) is 2.53. The number of aromatic nitrogens is 2. The van der Waals surface area contributed by atoms with Crippen LogP contribution in [0.5, 0.6) is 5.75 Å². The van der Waals surface area contributed by atoms with Gasteiger partial charge < -0.3 is 10.1 Å². The van der Waals surface area contributed by atoms with Crippen molar-refractivity contribution in [3.8, 4) is 5.75 Å². The minimum Gasteiger partial charge on any atom is -0.495 e. The molecule has 0 saturated heterocycles. The van der Waals surface area contributed by atoms with E-state index in [-0.39, 0.29) is 0 Å². The summed E-state index contributed by atoms with van der Waals surface area (Å²) in [6.45, 7) is 4.21. The molecule has 1 aliphatic carbocycles. The zero-order chi connectivity index (χ0) is 16.7. The zero-order valence-electron chi connectivity index (χ0n) is 14.3. The molecular weight excluding hydrogens is 318 g/mol. The van der Waals surface area contributed by atoms with Gasteiger partial charge in [-0.05, 0) is 68.4 Å². The van der Waals surface area contributed by atoms with Gasteiger partial charge in [0.05, 0.1) is 18.2 Å². The number of nitrogens with zero attached hydrogens (tertiary/aromatic N) is 2. The van der Waals surface area contributed by atoms with Crippen LogP contribution >= 0.6 is 11.3 Å². The molecular formula is C19H21N3OS. The van der Waals surface area contributed by atoms with Gasteiger partial charge in [-0.3, -0.25) is 0 Å². The number of anilines is 2. The molecule has 0 saturated carbocycles. The van der Waals surface area contributed by atoms with E-state index in [1.165, 1.54) is 46.2 Å². The highest BCUT2D eigenvalue weighted by Crippen LogP contribution is 2.40. The van der Waals surface area contributed by atoms with Gasteiger partial charge in [0.25, 0.3) is 0 Å². The molecule has 0 bridgehead atoms. The fourth-order valence-electron chi connectivity index (χ4n) is 3.37. The summed E-state index contributed by atoms with van der Waals surface area (Å²) >= 11 is 1.82. The number of thiophene rings is 1. The molecule has 124 valence electrons. The summed E-state index contributed by atoms with van der Waals surface area (Å²) in [7, 11) is 1.71. The molecule has 1 aliphatic rings. The standard InChI is InChI=1S/C19H21N3OS/c1-11-8-14(15(23-3)9-12(11)2)22-18-17-13-6-4-5-7-16(13)24-19(17)21-10-20-18/h8-10H,4-7H2,1-3H3,(H,20,21,22). The number of rotatable bonds is 3. The van der Waals surface area contributed by atoms with Crippen LogP contribution in [0.1, 0.15) is 34.4 Å². The predicted molar refractivity (Wildman–Crippen MR) is 99.8 cm³/mol. The van der Waals surface area contributed by atoms with Crippen LogP contribution in [0.2, 0.25) is 0 Å². The summed E-state index contributed by atoms with van der Waals surface area (Å²) in [6.07, 6.45) is 6.48. The average molecular weight is 339 g/mol. The van der Waals surface area contributed by atoms with Gasteiger partial charge in [-0.1, -0.05) is 0 Å². The second-order valence-electron chi connectivity index (χ2n) is 6.38. The SMILES string of the molecule is COc1cc(C)c(C)cc1Nc1ncnc2sc3c(c12)CCCC3. The Morgan fingerprint density at radius 2 is 1.88 bits per heavy atom. The van der Waals surface area contributed by atoms with Crippen molar-refractivity contribution in [1.82, 2.24) is 9.97 Å². The molecule has 3 aromatic rings. The first kappa shape index (κ1) is 15.4. The van der Waals surface area contributed by atoms with Crippen LogP contribution in [0, 0.1) is 13.8 Å². The van der Waals surface area contributed by atoms with Gasteiger partial charge in [0.15, 0.2) is 0 Å². The topological polar surface area (TPSA) is 47.0 Å². The number of methoxy groups -OCH3 is 1. The van der Waals surface area contributed by atoms with Crippen LogP contribution in [0.3, 0.4) is 0 Å². The highest BCUT2D eigenvalue weighted by molar-refractivity contribution is 7.19. The lowest BCUT2D eigenvalue weighted by molar-refractivity contribution is 0.416. The van der Waals surface area contributed by atoms with E-state index in [2.05, 4.69) is 41.3 Å². The fraction of sp³-hybridized carbons (Fsp3) is 0.368. The van der Waals surface area contributed by atoms with Gasteiger partial charge >= 0.3 is 0 Å². The zero-order valence-corrected chi connectivity index (χ0v) is 15.1. The molecule has 0 aliphatic heterocycles. The molecule has 0 fully saturated rings. The van der Waals surface area contributed by atoms with E-state index in [4.69, 9.17) is 4.74 Å². The molecule has 24 heavy (non-hydrogen) atoms. The molecule has 5 heteroatoms. The Labute approximate surface area is 145 Å². The Bertz CT molecular complexity index is 917. The maximum Gasteiger partial charge on any atom is 0.142 e. The van der Waals surface area contributed by atoms with E-state index in [0.717, 1.165) is 28.5 Å². The Balaban J connectivity index is 1.83. The number of benzene rings is 1. The first-order valence-corrected chi connectivity index (χ1v) is 9.16. The highest BCUT2D eigenvalue weighted by Gasteiger charge is 2.20. The van der Waals surface area contributed by atoms with E-state index >= 15 is 0 Å². The molecule has 0 radical (unpaired) electrons. The summed E-state index contributed by atoms with van der Waals surface area (Å²) < 4.78 is 5.56. The van der Waals surface area contributed by atoms with Gasteiger partial charge in [-0.15, -0.1) is 11.3 Å². The van der Waals surface area contributed by atoms with Crippen molar-refractivity contribution in [2.24, 2.45) is 0 Å². The van der Waals surface area contributed by atoms with Crippen LogP contribution in [0.15, 0.2) is 18.5 Å². The maximum atomic E-state index is 5.56. The smallest absolute Gasteiger partial charge is 0.142 e. The van der Waals surface area contributed by atoms with Crippen molar-refractivity contribution in [1.29, 1.82) is 0 Å². The minimum absolute atomic E-state index is 0.842. The lowest BCUT2D eigenvalue weighted by Crippen LogP contribution is -2.02. The van der Waals surface area contributed by atoms with E-state index in [9.17, 15) is 0 Å². The number of aryl methyl sites for hydroxylation is 4. The largest absolute Gasteiger partial charge is 0.495 e. The average Bonchev–Trinajstić information content (AvgIpc) is 2.97. The lowest BCUT2D eigenvalue weighted by atomic mass is 9.97. The summed E-state index contributed by atoms with van der Waals surface area (Å²) in [5.41, 5.74) is 4.85. The van der Waals surface area contributed by atoms with Crippen LogP contribution in [0.4, 0.5) is 11.5 Å². The van der Waals surface area contributed by atoms with E-state index in [1.807, 2.05) is 11.3 Å². The van der Waals surface area contributed by atoms with Gasteiger partial charge in [-0.2, -0.15) is 0 Å². The second kappa shape index (κ2) is 6.06. The first-order valence-electron chi connectivity index (χ1n) is 8.35. The normalized spacial score (nSPS) is 13.8. The molecule has 2 aromatic heterocycles. The first-order chi connectivity index (χ1) is 11.7. The van der Waals surface area contributed by atoms with Crippen LogP contribution < -0.4 is 10.1 Å². The van der Waals surface area contributed by atoms with Gasteiger partial charge in [0.2, 0.25) is 0 Å². The quantitative estimate of drug-likeness (QED) is 0.734. The summed E-state index contributed by atoms with van der Waals surface area (Å²) in [5, 5.41) is 4.69. The van der Waals surface area contributed by atoms with E-state index in [1.54, 1.807) is 13.4 Å². The van der Waals surface area contributed by atoms with Crippen molar-refractivity contribution >= 4 is 33.1 Å². The fourth-order valence-corrected chi connectivity index (χ4v) is 4.60. The highest BCUT2D eigenvalue weighted by atomic mass is 32.1. The Morgan fingerprint density at radius 3 is 2.71 bits per heavy atom. The second-order valence-corrected chi connectivity index (χ2v) is 7.46. The predicted octanol–water partition coefficient (Wildman–Crippen LogP) is 4.94. The molecule has 0 amide bonds. The van der Waals surface area contributed by atoms with Gasteiger partial charge in [0.1, 0.15) is 22.7 Å². The van der Waals surface area contributed by atoms with Crippen molar-refractivity contribution in [3.63, 3.8) is 0 Å². The van der Waals surface area contributed by atoms with Gasteiger partial charge in [0, 0.05) is 4.88 Å². The van der Waals surface area contributed by atoms with Gasteiger partial charge in [-0.25, -0.2) is 9.97 Å². The van der Waals surface area contributed by atoms with E-state index in [0.29, 0.717) is 0 Å². The van der Waals surface area contributed by atoms with E-state index < -0.39 is 0 Å². The lowest BCUT2D eigenvalue weighted by Gasteiger charge is -2.15. The van der Waals surface area contributed by atoms with Crippen molar-refractivity contribution < 1.29 is 4.74 Å². The summed E-state index contributed by atoms with van der Waals surface area (Å²) in [6, 6.07) is 4.19. The molecule has 4 nitrogen and oxygen atoms in total. The van der Waals surface area contributed by atoms with Crippen molar-refractivity contribution in [2.75, 3.05) is 12.4 Å².